The second-order valence-electron chi connectivity index (χ2n) is 5.87. The highest BCUT2D eigenvalue weighted by atomic mass is 19.1. The monoisotopic (exact) mass is 376 g/mol. The van der Waals surface area contributed by atoms with Crippen molar-refractivity contribution in [1.82, 2.24) is 0 Å². The minimum atomic E-state index is -0.991. The molecule has 2 aromatic rings. The highest BCUT2D eigenvalue weighted by molar-refractivity contribution is 5.88. The predicted octanol–water partition coefficient (Wildman–Crippen LogP) is 4.03. The number of alkyl halides is 2. The number of ether oxygens (including phenoxy) is 1. The van der Waals surface area contributed by atoms with Crippen LogP contribution in [0.25, 0.3) is 0 Å². The van der Waals surface area contributed by atoms with Crippen molar-refractivity contribution in [2.45, 2.75) is 19.3 Å². The molecule has 0 saturated carbocycles. The number of hydrogen-bond acceptors (Lipinski definition) is 4. The Balaban J connectivity index is 0.00000126. The van der Waals surface area contributed by atoms with Gasteiger partial charge in [0.2, 0.25) is 6.86 Å². The number of rotatable bonds is 5. The Morgan fingerprint density at radius 1 is 1.26 bits per heavy atom. The smallest absolute Gasteiger partial charge is 0.335 e. The molecule has 0 aliphatic heterocycles. The van der Waals surface area contributed by atoms with Crippen LogP contribution in [-0.4, -0.2) is 25.1 Å². The molecular weight excluding hydrogens is 354 g/mol. The third kappa shape index (κ3) is 5.04. The molecule has 0 atom stereocenters. The van der Waals surface area contributed by atoms with Gasteiger partial charge in [0.1, 0.15) is 5.75 Å². The van der Waals surface area contributed by atoms with Crippen LogP contribution in [0.1, 0.15) is 27.9 Å². The van der Waals surface area contributed by atoms with Crippen molar-refractivity contribution in [3.05, 3.63) is 70.9 Å². The molecule has 7 heteroatoms. The molecule has 0 aromatic heterocycles. The molecular formula is C20H22F2N2O3. The highest BCUT2D eigenvalue weighted by Crippen LogP contribution is 2.32. The zero-order chi connectivity index (χ0) is 19.8. The van der Waals surface area contributed by atoms with E-state index >= 15 is 0 Å². The molecule has 5 nitrogen and oxygen atoms in total. The van der Waals surface area contributed by atoms with E-state index in [-0.39, 0.29) is 5.56 Å². The van der Waals surface area contributed by atoms with Gasteiger partial charge >= 0.3 is 5.97 Å². The first-order valence-electron chi connectivity index (χ1n) is 8.32. The van der Waals surface area contributed by atoms with Crippen molar-refractivity contribution < 1.29 is 23.4 Å². The van der Waals surface area contributed by atoms with E-state index in [2.05, 4.69) is 0 Å². The van der Waals surface area contributed by atoms with Gasteiger partial charge in [-0.3, -0.25) is 9.40 Å². The van der Waals surface area contributed by atoms with Crippen LogP contribution in [0.15, 0.2) is 54.2 Å². The minimum absolute atomic E-state index is 0.188. The van der Waals surface area contributed by atoms with Gasteiger partial charge in [0.25, 0.3) is 0 Å². The number of hydrazine groups is 1. The minimum Gasteiger partial charge on any atom is -0.478 e. The fourth-order valence-corrected chi connectivity index (χ4v) is 3.05. The molecule has 0 heterocycles. The number of anilines is 1. The topological polar surface area (TPSA) is 75.8 Å². The molecule has 0 fully saturated rings. The number of carboxylic acids is 1. The van der Waals surface area contributed by atoms with Crippen molar-refractivity contribution in [2.24, 2.45) is 5.84 Å². The second kappa shape index (κ2) is 9.68. The molecule has 0 amide bonds. The number of hydrogen-bond donors (Lipinski definition) is 2. The summed E-state index contributed by atoms with van der Waals surface area (Å²) in [6.45, 7) is -0.838. The van der Waals surface area contributed by atoms with Gasteiger partial charge in [-0.2, -0.15) is 0 Å². The maximum atomic E-state index is 12.5. The predicted molar refractivity (Wildman–Crippen MR) is 100 cm³/mol. The standard InChI is InChI=1S/C19H19FN2O3.CH3F/c20-12-25-18-6-2-3-14-9-13(7-8-17(14)18)11-22(21)16-5-1-4-15(10-16)19(23)24;1-2/h1-6,10-11H,7-9,12,21H2,(H,23,24);1H3/b13-11-;. The van der Waals surface area contributed by atoms with E-state index in [0.717, 1.165) is 29.5 Å². The summed E-state index contributed by atoms with van der Waals surface area (Å²) in [7, 11) is 0.500. The average Bonchev–Trinajstić information content (AvgIpc) is 2.70. The number of aromatic carboxylic acids is 1. The Kier molecular flexibility index (Phi) is 7.31. The first-order chi connectivity index (χ1) is 13.1. The SMILES string of the molecule is CF.NN(/C=C1/CCc2c(cccc2OCF)C1)c1cccc(C(=O)O)c1. The molecule has 0 bridgehead atoms. The lowest BCUT2D eigenvalue weighted by Gasteiger charge is -2.23. The first kappa shape index (κ1) is 20.4. The van der Waals surface area contributed by atoms with Crippen molar-refractivity contribution in [3.63, 3.8) is 0 Å². The fraction of sp³-hybridized carbons (Fsp3) is 0.250. The molecule has 0 spiro atoms. The lowest BCUT2D eigenvalue weighted by molar-refractivity contribution is 0.0697. The van der Waals surface area contributed by atoms with Gasteiger partial charge in [0.15, 0.2) is 0 Å². The fourth-order valence-electron chi connectivity index (χ4n) is 3.05. The number of nitrogens with two attached hydrogens (primary N) is 1. The summed E-state index contributed by atoms with van der Waals surface area (Å²) < 4.78 is 27.0. The molecule has 27 heavy (non-hydrogen) atoms. The van der Waals surface area contributed by atoms with Gasteiger partial charge in [0.05, 0.1) is 18.4 Å². The van der Waals surface area contributed by atoms with Crippen LogP contribution in [-0.2, 0) is 12.8 Å². The third-order valence-corrected chi connectivity index (χ3v) is 4.27. The Labute approximate surface area is 156 Å². The highest BCUT2D eigenvalue weighted by Gasteiger charge is 2.17. The van der Waals surface area contributed by atoms with E-state index in [9.17, 15) is 13.6 Å². The number of carboxylic acid groups (broad SMARTS) is 1. The summed E-state index contributed by atoms with van der Waals surface area (Å²) in [5.74, 6) is 5.69. The van der Waals surface area contributed by atoms with Crippen LogP contribution >= 0.6 is 0 Å². The normalized spacial score (nSPS) is 14.0. The molecule has 1 aliphatic carbocycles. The zero-order valence-corrected chi connectivity index (χ0v) is 15.0. The maximum absolute atomic E-state index is 12.5. The van der Waals surface area contributed by atoms with Gasteiger partial charge < -0.3 is 9.84 Å². The van der Waals surface area contributed by atoms with E-state index in [1.807, 2.05) is 18.3 Å². The third-order valence-electron chi connectivity index (χ3n) is 4.27. The molecule has 3 N–H and O–H groups in total. The molecule has 0 saturated heterocycles. The summed E-state index contributed by atoms with van der Waals surface area (Å²) in [6.07, 6.45) is 4.06. The molecule has 1 aliphatic rings. The molecule has 3 rings (SSSR count). The van der Waals surface area contributed by atoms with Crippen molar-refractivity contribution in [2.75, 3.05) is 19.0 Å². The first-order valence-corrected chi connectivity index (χ1v) is 8.32. The summed E-state index contributed by atoms with van der Waals surface area (Å²) in [6, 6.07) is 12.1. The van der Waals surface area contributed by atoms with E-state index in [4.69, 9.17) is 15.7 Å². The van der Waals surface area contributed by atoms with Crippen LogP contribution in [0.4, 0.5) is 14.5 Å². The van der Waals surface area contributed by atoms with E-state index < -0.39 is 12.8 Å². The van der Waals surface area contributed by atoms with Crippen molar-refractivity contribution in [1.29, 1.82) is 0 Å². The van der Waals surface area contributed by atoms with E-state index in [1.54, 1.807) is 18.2 Å². The Hall–Kier alpha value is -2.93. The van der Waals surface area contributed by atoms with Crippen molar-refractivity contribution in [3.8, 4) is 5.75 Å². The lowest BCUT2D eigenvalue weighted by atomic mass is 9.88. The molecule has 0 unspecified atom stereocenters. The van der Waals surface area contributed by atoms with Crippen molar-refractivity contribution >= 4 is 11.7 Å². The molecule has 0 radical (unpaired) electrons. The van der Waals surface area contributed by atoms with Crippen LogP contribution in [0.5, 0.6) is 5.75 Å². The number of halogens is 2. The summed E-state index contributed by atoms with van der Waals surface area (Å²) in [4.78, 5) is 11.1. The van der Waals surface area contributed by atoms with Crippen LogP contribution in [0.3, 0.4) is 0 Å². The maximum Gasteiger partial charge on any atom is 0.335 e. The number of nitrogens with zero attached hydrogens (tertiary/aromatic N) is 1. The number of carbonyl (C=O) groups is 1. The number of fused-ring (bicyclic) bond motifs is 1. The average molecular weight is 376 g/mol. The second-order valence-corrected chi connectivity index (χ2v) is 5.87. The van der Waals surface area contributed by atoms with Gasteiger partial charge in [0, 0.05) is 6.20 Å². The van der Waals surface area contributed by atoms with Crippen LogP contribution < -0.4 is 15.6 Å². The zero-order valence-electron chi connectivity index (χ0n) is 15.0. The number of benzene rings is 2. The van der Waals surface area contributed by atoms with Gasteiger partial charge in [-0.15, -0.1) is 0 Å². The summed E-state index contributed by atoms with van der Waals surface area (Å²) in [5, 5.41) is 10.5. The lowest BCUT2D eigenvalue weighted by Crippen LogP contribution is -2.26. The van der Waals surface area contributed by atoms with E-state index in [0.29, 0.717) is 25.0 Å². The summed E-state index contributed by atoms with van der Waals surface area (Å²) in [5.41, 5.74) is 4.04. The quantitative estimate of drug-likeness (QED) is 0.609. The van der Waals surface area contributed by atoms with E-state index in [1.165, 1.54) is 17.1 Å². The van der Waals surface area contributed by atoms with Crippen LogP contribution in [0, 0.1) is 0 Å². The van der Waals surface area contributed by atoms with Gasteiger partial charge in [-0.1, -0.05) is 18.2 Å². The largest absolute Gasteiger partial charge is 0.478 e. The Bertz CT molecular complexity index is 825. The van der Waals surface area contributed by atoms with Gasteiger partial charge in [-0.25, -0.2) is 15.0 Å². The van der Waals surface area contributed by atoms with Gasteiger partial charge in [-0.05, 0) is 60.2 Å². The Morgan fingerprint density at radius 3 is 2.70 bits per heavy atom. The number of allylic oxidation sites excluding steroid dienone is 1. The van der Waals surface area contributed by atoms with Crippen LogP contribution in [0.2, 0.25) is 0 Å². The Morgan fingerprint density at radius 2 is 2.00 bits per heavy atom. The molecule has 2 aromatic carbocycles. The summed E-state index contributed by atoms with van der Waals surface area (Å²) >= 11 is 0. The molecule has 144 valence electrons.